The van der Waals surface area contributed by atoms with Crippen molar-refractivity contribution in [1.29, 1.82) is 0 Å². The van der Waals surface area contributed by atoms with Crippen molar-refractivity contribution >= 4 is 5.91 Å². The minimum absolute atomic E-state index is 0.0857. The van der Waals surface area contributed by atoms with Crippen molar-refractivity contribution in [2.24, 2.45) is 5.92 Å². The second kappa shape index (κ2) is 7.65. The van der Waals surface area contributed by atoms with E-state index in [1.165, 1.54) is 5.56 Å². The first-order chi connectivity index (χ1) is 12.0. The van der Waals surface area contributed by atoms with E-state index >= 15 is 0 Å². The number of carbonyl (C=O) groups is 1. The summed E-state index contributed by atoms with van der Waals surface area (Å²) in [6.45, 7) is 8.48. The molecular weight excluding hydrogens is 316 g/mol. The van der Waals surface area contributed by atoms with Crippen molar-refractivity contribution in [1.82, 2.24) is 10.2 Å². The van der Waals surface area contributed by atoms with Crippen LogP contribution in [0.25, 0.3) is 0 Å². The number of benzene rings is 1. The third kappa shape index (κ3) is 4.09. The fourth-order valence-electron chi connectivity index (χ4n) is 3.73. The van der Waals surface area contributed by atoms with E-state index in [2.05, 4.69) is 24.4 Å². The van der Waals surface area contributed by atoms with Crippen LogP contribution < -0.4 is 14.8 Å². The highest BCUT2D eigenvalue weighted by atomic mass is 16.5. The number of likely N-dealkylation sites (tertiary alicyclic amines) is 1. The summed E-state index contributed by atoms with van der Waals surface area (Å²) < 4.78 is 11.4. The standard InChI is InChI=1S/C20H30N2O3/c1-13(2)20(23)22-7-5-17(6-8-22)21-12-16-11-19-15(9-14(3)25-19)10-18(16)24-4/h10-11,13-14,17,21H,5-9,12H2,1-4H3. The summed E-state index contributed by atoms with van der Waals surface area (Å²) in [5.74, 6) is 2.27. The van der Waals surface area contributed by atoms with Gasteiger partial charge >= 0.3 is 0 Å². The second-order valence-electron chi connectivity index (χ2n) is 7.54. The SMILES string of the molecule is COc1cc2c(cc1CNC1CCN(C(=O)C(C)C)CC1)OC(C)C2. The Kier molecular flexibility index (Phi) is 5.52. The lowest BCUT2D eigenvalue weighted by Gasteiger charge is -2.33. The van der Waals surface area contributed by atoms with Crippen LogP contribution in [0.1, 0.15) is 44.7 Å². The topological polar surface area (TPSA) is 50.8 Å². The van der Waals surface area contributed by atoms with Gasteiger partial charge in [0, 0.05) is 49.1 Å². The van der Waals surface area contributed by atoms with E-state index in [0.29, 0.717) is 6.04 Å². The lowest BCUT2D eigenvalue weighted by atomic mass is 10.0. The molecule has 1 aromatic carbocycles. The highest BCUT2D eigenvalue weighted by Crippen LogP contribution is 2.35. The Labute approximate surface area is 150 Å². The van der Waals surface area contributed by atoms with Crippen LogP contribution in [0.4, 0.5) is 0 Å². The van der Waals surface area contributed by atoms with Crippen molar-refractivity contribution in [2.75, 3.05) is 20.2 Å². The number of nitrogens with one attached hydrogen (secondary N) is 1. The van der Waals surface area contributed by atoms with Crippen LogP contribution in [-0.2, 0) is 17.8 Å². The Morgan fingerprint density at radius 1 is 1.36 bits per heavy atom. The van der Waals surface area contributed by atoms with Gasteiger partial charge in [-0.1, -0.05) is 13.8 Å². The van der Waals surface area contributed by atoms with Crippen LogP contribution in [0, 0.1) is 5.92 Å². The molecule has 2 aliphatic rings. The normalized spacial score (nSPS) is 20.5. The number of carbonyl (C=O) groups excluding carboxylic acids is 1. The van der Waals surface area contributed by atoms with Crippen molar-refractivity contribution in [3.8, 4) is 11.5 Å². The maximum absolute atomic E-state index is 12.1. The monoisotopic (exact) mass is 346 g/mol. The zero-order chi connectivity index (χ0) is 18.0. The number of fused-ring (bicyclic) bond motifs is 1. The number of rotatable bonds is 5. The van der Waals surface area contributed by atoms with Gasteiger partial charge in [-0.15, -0.1) is 0 Å². The fourth-order valence-corrected chi connectivity index (χ4v) is 3.73. The largest absolute Gasteiger partial charge is 0.496 e. The Balaban J connectivity index is 1.56. The molecular formula is C20H30N2O3. The Hall–Kier alpha value is -1.75. The molecule has 138 valence electrons. The van der Waals surface area contributed by atoms with Crippen molar-refractivity contribution in [2.45, 2.75) is 58.7 Å². The first kappa shape index (κ1) is 18.1. The van der Waals surface area contributed by atoms with Gasteiger partial charge in [0.15, 0.2) is 0 Å². The van der Waals surface area contributed by atoms with E-state index < -0.39 is 0 Å². The molecule has 3 rings (SSSR count). The third-order valence-electron chi connectivity index (χ3n) is 5.18. The number of hydrogen-bond acceptors (Lipinski definition) is 4. The van der Waals surface area contributed by atoms with E-state index in [-0.39, 0.29) is 17.9 Å². The summed E-state index contributed by atoms with van der Waals surface area (Å²) in [6.07, 6.45) is 3.19. The number of nitrogens with zero attached hydrogens (tertiary/aromatic N) is 1. The third-order valence-corrected chi connectivity index (χ3v) is 5.18. The highest BCUT2D eigenvalue weighted by Gasteiger charge is 2.25. The van der Waals surface area contributed by atoms with Gasteiger partial charge in [0.1, 0.15) is 17.6 Å². The second-order valence-corrected chi connectivity index (χ2v) is 7.54. The predicted octanol–water partition coefficient (Wildman–Crippen LogP) is 2.76. The number of ether oxygens (including phenoxy) is 2. The smallest absolute Gasteiger partial charge is 0.225 e. The van der Waals surface area contributed by atoms with Crippen LogP contribution in [0.15, 0.2) is 12.1 Å². The molecule has 0 radical (unpaired) electrons. The molecule has 1 aromatic rings. The Morgan fingerprint density at radius 2 is 2.08 bits per heavy atom. The molecule has 2 heterocycles. The highest BCUT2D eigenvalue weighted by molar-refractivity contribution is 5.78. The Bertz CT molecular complexity index is 622. The molecule has 25 heavy (non-hydrogen) atoms. The van der Waals surface area contributed by atoms with E-state index in [0.717, 1.165) is 56.0 Å². The summed E-state index contributed by atoms with van der Waals surface area (Å²) in [5.41, 5.74) is 2.37. The fraction of sp³-hybridized carbons (Fsp3) is 0.650. The molecule has 1 fully saturated rings. The van der Waals surface area contributed by atoms with E-state index in [9.17, 15) is 4.79 Å². The summed E-state index contributed by atoms with van der Waals surface area (Å²) in [5, 5.41) is 3.63. The first-order valence-electron chi connectivity index (χ1n) is 9.36. The summed E-state index contributed by atoms with van der Waals surface area (Å²) >= 11 is 0. The van der Waals surface area contributed by atoms with Gasteiger partial charge in [0.2, 0.25) is 5.91 Å². The molecule has 1 N–H and O–H groups in total. The zero-order valence-corrected chi connectivity index (χ0v) is 15.8. The maximum Gasteiger partial charge on any atom is 0.225 e. The maximum atomic E-state index is 12.1. The van der Waals surface area contributed by atoms with Crippen molar-refractivity contribution < 1.29 is 14.3 Å². The molecule has 0 aromatic heterocycles. The lowest BCUT2D eigenvalue weighted by molar-refractivity contribution is -0.135. The van der Waals surface area contributed by atoms with Gasteiger partial charge in [-0.2, -0.15) is 0 Å². The van der Waals surface area contributed by atoms with Crippen molar-refractivity contribution in [3.63, 3.8) is 0 Å². The average Bonchev–Trinajstić information content (AvgIpc) is 2.97. The van der Waals surface area contributed by atoms with E-state index in [4.69, 9.17) is 9.47 Å². The van der Waals surface area contributed by atoms with E-state index in [1.54, 1.807) is 7.11 Å². The van der Waals surface area contributed by atoms with Gasteiger partial charge in [0.25, 0.3) is 0 Å². The van der Waals surface area contributed by atoms with Crippen molar-refractivity contribution in [3.05, 3.63) is 23.3 Å². The minimum Gasteiger partial charge on any atom is -0.496 e. The summed E-state index contributed by atoms with van der Waals surface area (Å²) in [4.78, 5) is 14.1. The number of amides is 1. The van der Waals surface area contributed by atoms with Crippen LogP contribution in [-0.4, -0.2) is 43.2 Å². The quantitative estimate of drug-likeness (QED) is 0.891. The van der Waals surface area contributed by atoms with Crippen LogP contribution >= 0.6 is 0 Å². The molecule has 1 saturated heterocycles. The number of methoxy groups -OCH3 is 1. The summed E-state index contributed by atoms with van der Waals surface area (Å²) in [7, 11) is 1.72. The number of hydrogen-bond donors (Lipinski definition) is 1. The number of piperidine rings is 1. The molecule has 1 amide bonds. The van der Waals surface area contributed by atoms with Crippen LogP contribution in [0.3, 0.4) is 0 Å². The molecule has 5 nitrogen and oxygen atoms in total. The molecule has 1 unspecified atom stereocenters. The minimum atomic E-state index is 0.0857. The van der Waals surface area contributed by atoms with Gasteiger partial charge in [0.05, 0.1) is 7.11 Å². The van der Waals surface area contributed by atoms with Crippen LogP contribution in [0.2, 0.25) is 0 Å². The molecule has 0 saturated carbocycles. The van der Waals surface area contributed by atoms with Crippen LogP contribution in [0.5, 0.6) is 11.5 Å². The van der Waals surface area contributed by atoms with Gasteiger partial charge < -0.3 is 19.7 Å². The molecule has 1 atom stereocenters. The molecule has 0 spiro atoms. The summed E-state index contributed by atoms with van der Waals surface area (Å²) in [6, 6.07) is 4.66. The van der Waals surface area contributed by atoms with E-state index in [1.807, 2.05) is 18.7 Å². The van der Waals surface area contributed by atoms with Gasteiger partial charge in [-0.25, -0.2) is 0 Å². The average molecular weight is 346 g/mol. The first-order valence-corrected chi connectivity index (χ1v) is 9.36. The Morgan fingerprint density at radius 3 is 2.72 bits per heavy atom. The molecule has 0 bridgehead atoms. The lowest BCUT2D eigenvalue weighted by Crippen LogP contribution is -2.46. The molecule has 2 aliphatic heterocycles. The van der Waals surface area contributed by atoms with Gasteiger partial charge in [-0.3, -0.25) is 4.79 Å². The van der Waals surface area contributed by atoms with Gasteiger partial charge in [-0.05, 0) is 31.9 Å². The molecule has 5 heteroatoms. The predicted molar refractivity (Wildman–Crippen MR) is 98.1 cm³/mol. The molecule has 0 aliphatic carbocycles. The zero-order valence-electron chi connectivity index (χ0n) is 15.8.